The van der Waals surface area contributed by atoms with E-state index in [9.17, 15) is 4.79 Å². The van der Waals surface area contributed by atoms with Crippen LogP contribution in [0.1, 0.15) is 25.5 Å². The number of carbonyl (C=O) groups excluding carboxylic acids is 1. The van der Waals surface area contributed by atoms with Crippen molar-refractivity contribution in [1.29, 1.82) is 0 Å². The van der Waals surface area contributed by atoms with Crippen molar-refractivity contribution in [2.45, 2.75) is 25.5 Å². The molecule has 4 nitrogen and oxygen atoms in total. The van der Waals surface area contributed by atoms with Gasteiger partial charge in [-0.25, -0.2) is 0 Å². The third kappa shape index (κ3) is 4.75. The van der Waals surface area contributed by atoms with E-state index in [1.807, 2.05) is 95.9 Å². The zero-order valence-corrected chi connectivity index (χ0v) is 17.4. The van der Waals surface area contributed by atoms with Crippen LogP contribution in [0.3, 0.4) is 0 Å². The number of methoxy groups -OCH3 is 1. The van der Waals surface area contributed by atoms with E-state index < -0.39 is 5.60 Å². The van der Waals surface area contributed by atoms with Gasteiger partial charge in [0.05, 0.1) is 19.2 Å². The summed E-state index contributed by atoms with van der Waals surface area (Å²) in [5.41, 5.74) is 0.221. The zero-order chi connectivity index (χ0) is 19.3. The van der Waals surface area contributed by atoms with Crippen LogP contribution in [0.5, 0.6) is 5.75 Å². The maximum atomic E-state index is 12.7. The van der Waals surface area contributed by atoms with Gasteiger partial charge in [-0.15, -0.1) is 0 Å². The Kier molecular flexibility index (Phi) is 8.85. The Morgan fingerprint density at radius 2 is 1.50 bits per heavy atom. The van der Waals surface area contributed by atoms with Gasteiger partial charge in [-0.3, -0.25) is 4.79 Å². The van der Waals surface area contributed by atoms with Crippen molar-refractivity contribution in [2.24, 2.45) is 0 Å². The summed E-state index contributed by atoms with van der Waals surface area (Å²) >= 11 is 0. The molecule has 0 N–H and O–H groups in total. The molecule has 1 amide bonds. The molecule has 3 fully saturated rings. The van der Waals surface area contributed by atoms with Crippen molar-refractivity contribution in [3.63, 3.8) is 0 Å². The van der Waals surface area contributed by atoms with Gasteiger partial charge in [-0.1, -0.05) is 12.1 Å². The molecule has 2 aliphatic carbocycles. The monoisotopic (exact) mass is 419 g/mol. The first-order chi connectivity index (χ1) is 13.1. The Morgan fingerprint density at radius 3 is 1.96 bits per heavy atom. The Bertz CT molecular complexity index is 603. The fraction of sp³-hybridized carbons (Fsp3) is 0.261. The second-order valence-electron chi connectivity index (χ2n) is 6.50. The third-order valence-electron chi connectivity index (χ3n) is 4.78. The van der Waals surface area contributed by atoms with Crippen molar-refractivity contribution in [1.82, 2.24) is 4.90 Å². The van der Waals surface area contributed by atoms with Crippen molar-refractivity contribution < 1.29 is 31.3 Å². The van der Waals surface area contributed by atoms with Crippen LogP contribution in [-0.2, 0) is 26.6 Å². The third-order valence-corrected chi connectivity index (χ3v) is 4.78. The number of hydrogen-bond donors (Lipinski definition) is 0. The molecule has 0 aromatic heterocycles. The van der Waals surface area contributed by atoms with Crippen LogP contribution >= 0.6 is 0 Å². The fourth-order valence-electron chi connectivity index (χ4n) is 3.46. The van der Waals surface area contributed by atoms with Crippen LogP contribution in [0.2, 0.25) is 0 Å². The van der Waals surface area contributed by atoms with E-state index in [0.717, 1.165) is 17.4 Å². The molecule has 1 aromatic carbocycles. The van der Waals surface area contributed by atoms with Crippen LogP contribution in [0, 0.1) is 63.8 Å². The molecule has 2 atom stereocenters. The average molecular weight is 419 g/mol. The maximum absolute atomic E-state index is 12.7. The summed E-state index contributed by atoms with van der Waals surface area (Å²) in [4.78, 5) is 14.5. The molecule has 28 heavy (non-hydrogen) atoms. The smallest absolute Gasteiger partial charge is 0.497 e. The van der Waals surface area contributed by atoms with Gasteiger partial charge in [-0.05, 0) is 89.3 Å². The summed E-state index contributed by atoms with van der Waals surface area (Å²) in [6, 6.07) is 8.57. The molecule has 3 aliphatic rings. The number of likely N-dealkylation sites (tertiary alicyclic amines) is 1. The van der Waals surface area contributed by atoms with Gasteiger partial charge in [0.2, 0.25) is 0 Å². The van der Waals surface area contributed by atoms with Crippen LogP contribution in [0.25, 0.3) is 0 Å². The standard InChI is InChI=1S/C18H20NO3.C5H5.Fe/c1-4-22-18(2)16(13-9-11-15(21-3)12-10-13)19(17(18)20)14-7-5-6-8-14;1-2-4-5-3-1;/h5-12,16H,4H2,1-3H3;1-5H;/q;;+2/t16-,18+;;/m0../s1. The largest absolute Gasteiger partial charge is 2.00 e. The number of ether oxygens (including phenoxy) is 2. The average Bonchev–Trinajstić information content (AvgIpc) is 3.42. The Labute approximate surface area is 180 Å². The predicted molar refractivity (Wildman–Crippen MR) is 105 cm³/mol. The molecule has 10 radical (unpaired) electrons. The number of hydrogen-bond acceptors (Lipinski definition) is 3. The molecule has 1 heterocycles. The number of nitrogens with zero attached hydrogens (tertiary/aromatic N) is 1. The zero-order valence-electron chi connectivity index (χ0n) is 16.3. The van der Waals surface area contributed by atoms with Gasteiger partial charge in [0.15, 0.2) is 5.60 Å². The van der Waals surface area contributed by atoms with Gasteiger partial charge < -0.3 is 14.4 Å². The first kappa shape index (κ1) is 23.3. The second kappa shape index (κ2) is 10.7. The van der Waals surface area contributed by atoms with Gasteiger partial charge in [0.1, 0.15) is 5.75 Å². The summed E-state index contributed by atoms with van der Waals surface area (Å²) in [5, 5.41) is 0. The summed E-state index contributed by atoms with van der Waals surface area (Å²) in [6.07, 6.45) is 17.8. The quantitative estimate of drug-likeness (QED) is 0.539. The molecule has 1 saturated heterocycles. The summed E-state index contributed by atoms with van der Waals surface area (Å²) in [7, 11) is 1.64. The summed E-state index contributed by atoms with van der Waals surface area (Å²) in [6.45, 7) is 4.28. The normalized spacial score (nSPS) is 26.9. The van der Waals surface area contributed by atoms with Crippen molar-refractivity contribution in [2.75, 3.05) is 13.7 Å². The molecule has 146 valence electrons. The second-order valence-corrected chi connectivity index (χ2v) is 6.50. The molecular formula is C23H25FeNO3+2. The number of benzene rings is 1. The minimum absolute atomic E-state index is 0. The summed E-state index contributed by atoms with van der Waals surface area (Å²) < 4.78 is 11.0. The van der Waals surface area contributed by atoms with Crippen LogP contribution in [-0.4, -0.2) is 30.1 Å². The van der Waals surface area contributed by atoms with Gasteiger partial charge >= 0.3 is 17.1 Å². The molecule has 0 unspecified atom stereocenters. The van der Waals surface area contributed by atoms with E-state index in [1.165, 1.54) is 0 Å². The minimum Gasteiger partial charge on any atom is -0.497 e. The minimum atomic E-state index is -0.819. The Hall–Kier alpha value is -1.03. The molecule has 5 heteroatoms. The van der Waals surface area contributed by atoms with Crippen LogP contribution in [0.4, 0.5) is 0 Å². The predicted octanol–water partition coefficient (Wildman–Crippen LogP) is 3.76. The molecule has 2 saturated carbocycles. The van der Waals surface area contributed by atoms with Crippen molar-refractivity contribution >= 4 is 5.91 Å². The Morgan fingerprint density at radius 1 is 0.964 bits per heavy atom. The number of β-lactam (4-membered cyclic amide) rings is 1. The molecule has 0 bridgehead atoms. The maximum Gasteiger partial charge on any atom is 2.00 e. The van der Waals surface area contributed by atoms with Crippen LogP contribution in [0.15, 0.2) is 24.3 Å². The van der Waals surface area contributed by atoms with Gasteiger partial charge in [0, 0.05) is 6.61 Å². The first-order valence-electron chi connectivity index (χ1n) is 9.11. The van der Waals surface area contributed by atoms with E-state index in [0.29, 0.717) is 6.61 Å². The fourth-order valence-corrected chi connectivity index (χ4v) is 3.46. The number of rotatable bonds is 5. The SMILES string of the molecule is CCO[C@@]1(C)C(=O)N([C]2[CH][CH][CH][CH]2)[C@H]1c1ccc(OC)cc1.[CH]1[CH][CH][CH][CH]1.[Fe+2]. The van der Waals surface area contributed by atoms with Gasteiger partial charge in [0.25, 0.3) is 5.91 Å². The molecule has 1 aliphatic heterocycles. The van der Waals surface area contributed by atoms with Crippen molar-refractivity contribution in [3.05, 3.63) is 93.7 Å². The Balaban J connectivity index is 0.000000408. The summed E-state index contributed by atoms with van der Waals surface area (Å²) in [5.74, 6) is 0.800. The van der Waals surface area contributed by atoms with E-state index in [1.54, 1.807) is 12.0 Å². The molecule has 4 rings (SSSR count). The number of carbonyl (C=O) groups is 1. The first-order valence-corrected chi connectivity index (χ1v) is 9.11. The topological polar surface area (TPSA) is 38.8 Å². The van der Waals surface area contributed by atoms with E-state index in [4.69, 9.17) is 9.47 Å². The van der Waals surface area contributed by atoms with E-state index in [2.05, 4.69) is 0 Å². The van der Waals surface area contributed by atoms with E-state index in [-0.39, 0.29) is 29.0 Å². The van der Waals surface area contributed by atoms with Crippen LogP contribution < -0.4 is 4.74 Å². The van der Waals surface area contributed by atoms with Gasteiger partial charge in [-0.2, -0.15) is 0 Å². The molecular weight excluding hydrogens is 394 g/mol. The molecule has 0 spiro atoms. The number of amides is 1. The molecule has 1 aromatic rings. The van der Waals surface area contributed by atoms with Crippen molar-refractivity contribution in [3.8, 4) is 5.75 Å². The van der Waals surface area contributed by atoms with E-state index >= 15 is 0 Å².